The molecule has 0 fully saturated rings. The van der Waals surface area contributed by atoms with E-state index >= 15 is 0 Å². The Morgan fingerprint density at radius 2 is 1.70 bits per heavy atom. The van der Waals surface area contributed by atoms with E-state index in [2.05, 4.69) is 0 Å². The van der Waals surface area contributed by atoms with Gasteiger partial charge in [0.25, 0.3) is 0 Å². The van der Waals surface area contributed by atoms with Crippen LogP contribution in [0.4, 0.5) is 5.69 Å². The number of hydrogen-bond acceptors (Lipinski definition) is 4. The predicted molar refractivity (Wildman–Crippen MR) is 105 cm³/mol. The molecule has 144 valence electrons. The van der Waals surface area contributed by atoms with Crippen LogP contribution in [-0.4, -0.2) is 44.5 Å². The van der Waals surface area contributed by atoms with Crippen molar-refractivity contribution in [3.63, 3.8) is 0 Å². The van der Waals surface area contributed by atoms with Crippen molar-refractivity contribution in [3.8, 4) is 11.5 Å². The second-order valence-corrected chi connectivity index (χ2v) is 6.19. The molecular weight excluding hydrogens is 344 g/mol. The molecule has 2 aromatic carbocycles. The summed E-state index contributed by atoms with van der Waals surface area (Å²) in [5.74, 6) is 0.965. The van der Waals surface area contributed by atoms with Gasteiger partial charge < -0.3 is 19.3 Å². The quantitative estimate of drug-likeness (QED) is 0.716. The summed E-state index contributed by atoms with van der Waals surface area (Å²) in [6, 6.07) is 15.0. The molecule has 2 rings (SSSR count). The summed E-state index contributed by atoms with van der Waals surface area (Å²) in [6.07, 6.45) is 0.212. The maximum absolute atomic E-state index is 12.5. The fourth-order valence-electron chi connectivity index (χ4n) is 2.80. The number of amides is 2. The first-order chi connectivity index (χ1) is 13.0. The molecule has 0 N–H and O–H groups in total. The molecule has 0 aliphatic carbocycles. The summed E-state index contributed by atoms with van der Waals surface area (Å²) >= 11 is 0. The average Bonchev–Trinajstić information content (AvgIpc) is 2.68. The molecule has 2 aromatic rings. The predicted octanol–water partition coefficient (Wildman–Crippen LogP) is 3.11. The third-order valence-corrected chi connectivity index (χ3v) is 4.29. The molecular formula is C21H26N2O4. The van der Waals surface area contributed by atoms with Crippen LogP contribution in [0.25, 0.3) is 0 Å². The number of rotatable bonds is 8. The number of hydrogen-bond donors (Lipinski definition) is 0. The molecule has 0 radical (unpaired) electrons. The Labute approximate surface area is 160 Å². The molecule has 0 atom stereocenters. The molecule has 0 spiro atoms. The normalized spacial score (nSPS) is 10.2. The van der Waals surface area contributed by atoms with Crippen LogP contribution >= 0.6 is 0 Å². The van der Waals surface area contributed by atoms with Gasteiger partial charge in [-0.25, -0.2) is 0 Å². The lowest BCUT2D eigenvalue weighted by Crippen LogP contribution is -2.34. The van der Waals surface area contributed by atoms with Gasteiger partial charge in [-0.2, -0.15) is 0 Å². The van der Waals surface area contributed by atoms with Crippen LogP contribution < -0.4 is 14.4 Å². The van der Waals surface area contributed by atoms with Gasteiger partial charge in [-0.1, -0.05) is 30.3 Å². The van der Waals surface area contributed by atoms with Crippen LogP contribution in [0.3, 0.4) is 0 Å². The lowest BCUT2D eigenvalue weighted by Gasteiger charge is -2.25. The summed E-state index contributed by atoms with van der Waals surface area (Å²) in [6.45, 7) is 2.26. The van der Waals surface area contributed by atoms with Crippen LogP contribution in [-0.2, 0) is 16.1 Å². The molecule has 0 saturated heterocycles. The minimum Gasteiger partial charge on any atom is -0.497 e. The Hall–Kier alpha value is -3.02. The maximum atomic E-state index is 12.5. The highest BCUT2D eigenvalue weighted by Gasteiger charge is 2.19. The lowest BCUT2D eigenvalue weighted by molar-refractivity contribution is -0.130. The van der Waals surface area contributed by atoms with Crippen LogP contribution in [0, 0.1) is 0 Å². The van der Waals surface area contributed by atoms with Crippen molar-refractivity contribution in [2.45, 2.75) is 19.9 Å². The summed E-state index contributed by atoms with van der Waals surface area (Å²) in [7, 11) is 4.87. The molecule has 0 heterocycles. The van der Waals surface area contributed by atoms with Gasteiger partial charge in [0.2, 0.25) is 11.8 Å². The first-order valence-electron chi connectivity index (χ1n) is 8.74. The van der Waals surface area contributed by atoms with Crippen molar-refractivity contribution < 1.29 is 19.1 Å². The zero-order valence-electron chi connectivity index (χ0n) is 16.3. The van der Waals surface area contributed by atoms with Gasteiger partial charge in [0.15, 0.2) is 0 Å². The minimum atomic E-state index is -0.167. The summed E-state index contributed by atoms with van der Waals surface area (Å²) < 4.78 is 10.6. The number of anilines is 1. The summed E-state index contributed by atoms with van der Waals surface area (Å²) in [5, 5.41) is 0. The van der Waals surface area contributed by atoms with E-state index in [9.17, 15) is 9.59 Å². The fourth-order valence-corrected chi connectivity index (χ4v) is 2.80. The Kier molecular flexibility index (Phi) is 7.23. The van der Waals surface area contributed by atoms with Gasteiger partial charge in [-0.05, 0) is 17.7 Å². The molecule has 6 heteroatoms. The van der Waals surface area contributed by atoms with Crippen LogP contribution in [0.2, 0.25) is 0 Å². The molecule has 0 aromatic heterocycles. The summed E-state index contributed by atoms with van der Waals surface area (Å²) in [4.78, 5) is 27.9. The molecule has 0 aliphatic rings. The van der Waals surface area contributed by atoms with Gasteiger partial charge in [0.05, 0.1) is 19.9 Å². The van der Waals surface area contributed by atoms with Gasteiger partial charge in [-0.3, -0.25) is 9.59 Å². The van der Waals surface area contributed by atoms with E-state index < -0.39 is 0 Å². The number of nitrogens with zero attached hydrogens (tertiary/aromatic N) is 2. The molecule has 6 nitrogen and oxygen atoms in total. The Balaban J connectivity index is 2.08. The van der Waals surface area contributed by atoms with E-state index in [0.717, 1.165) is 5.56 Å². The Morgan fingerprint density at radius 1 is 1.00 bits per heavy atom. The van der Waals surface area contributed by atoms with Crippen molar-refractivity contribution >= 4 is 17.5 Å². The van der Waals surface area contributed by atoms with Crippen molar-refractivity contribution in [1.29, 1.82) is 0 Å². The number of carbonyl (C=O) groups excluding carboxylic acids is 2. The average molecular weight is 370 g/mol. The second-order valence-electron chi connectivity index (χ2n) is 6.19. The highest BCUT2D eigenvalue weighted by atomic mass is 16.5. The zero-order valence-corrected chi connectivity index (χ0v) is 16.3. The first-order valence-corrected chi connectivity index (χ1v) is 8.74. The molecule has 0 bridgehead atoms. The molecule has 0 unspecified atom stereocenters. The van der Waals surface area contributed by atoms with Gasteiger partial charge in [0, 0.05) is 39.5 Å². The topological polar surface area (TPSA) is 59.1 Å². The van der Waals surface area contributed by atoms with Gasteiger partial charge >= 0.3 is 0 Å². The van der Waals surface area contributed by atoms with E-state index in [4.69, 9.17) is 9.47 Å². The van der Waals surface area contributed by atoms with E-state index in [-0.39, 0.29) is 24.8 Å². The van der Waals surface area contributed by atoms with E-state index in [1.807, 2.05) is 30.3 Å². The SMILES string of the molecule is COc1ccc(OC)c(N(CCC(=O)N(C)Cc2ccccc2)C(C)=O)c1. The van der Waals surface area contributed by atoms with Gasteiger partial charge in [0.1, 0.15) is 11.5 Å². The third kappa shape index (κ3) is 5.48. The highest BCUT2D eigenvalue weighted by molar-refractivity contribution is 5.94. The standard InChI is InChI=1S/C21H26N2O4/c1-16(24)23(19-14-18(26-3)10-11-20(19)27-4)13-12-21(25)22(2)15-17-8-6-5-7-9-17/h5-11,14H,12-13,15H2,1-4H3. The molecule has 27 heavy (non-hydrogen) atoms. The van der Waals surface area contributed by atoms with Crippen LogP contribution in [0.5, 0.6) is 11.5 Å². The van der Waals surface area contributed by atoms with E-state index in [0.29, 0.717) is 23.7 Å². The van der Waals surface area contributed by atoms with E-state index in [1.54, 1.807) is 44.4 Å². The minimum absolute atomic E-state index is 0.0352. The molecule has 2 amide bonds. The Bertz CT molecular complexity index is 777. The first kappa shape index (κ1) is 20.3. The number of benzene rings is 2. The summed E-state index contributed by atoms with van der Waals surface area (Å²) in [5.41, 5.74) is 1.65. The Morgan fingerprint density at radius 3 is 2.30 bits per heavy atom. The van der Waals surface area contributed by atoms with Crippen molar-refractivity contribution in [2.24, 2.45) is 0 Å². The van der Waals surface area contributed by atoms with E-state index in [1.165, 1.54) is 11.8 Å². The van der Waals surface area contributed by atoms with Crippen molar-refractivity contribution in [3.05, 3.63) is 54.1 Å². The van der Waals surface area contributed by atoms with Crippen molar-refractivity contribution in [1.82, 2.24) is 4.90 Å². The maximum Gasteiger partial charge on any atom is 0.224 e. The monoisotopic (exact) mass is 370 g/mol. The van der Waals surface area contributed by atoms with Gasteiger partial charge in [-0.15, -0.1) is 0 Å². The highest BCUT2D eigenvalue weighted by Crippen LogP contribution is 2.32. The number of methoxy groups -OCH3 is 2. The number of ether oxygens (including phenoxy) is 2. The van der Waals surface area contributed by atoms with Crippen LogP contribution in [0.1, 0.15) is 18.9 Å². The zero-order chi connectivity index (χ0) is 19.8. The molecule has 0 aliphatic heterocycles. The number of carbonyl (C=O) groups is 2. The van der Waals surface area contributed by atoms with Crippen molar-refractivity contribution in [2.75, 3.05) is 32.7 Å². The second kappa shape index (κ2) is 9.62. The lowest BCUT2D eigenvalue weighted by atomic mass is 10.2. The fraction of sp³-hybridized carbons (Fsp3) is 0.333. The third-order valence-electron chi connectivity index (χ3n) is 4.29. The molecule has 0 saturated carbocycles. The van der Waals surface area contributed by atoms with Crippen LogP contribution in [0.15, 0.2) is 48.5 Å². The largest absolute Gasteiger partial charge is 0.497 e. The smallest absolute Gasteiger partial charge is 0.224 e.